The summed E-state index contributed by atoms with van der Waals surface area (Å²) in [5.74, 6) is -2.00. The summed E-state index contributed by atoms with van der Waals surface area (Å²) in [7, 11) is 0. The maximum atomic E-state index is 13.4. The molecule has 16 heavy (non-hydrogen) atoms. The fourth-order valence-electron chi connectivity index (χ4n) is 1.38. The summed E-state index contributed by atoms with van der Waals surface area (Å²) in [4.78, 5) is 0. The largest absolute Gasteiger partial charge is 0.396 e. The van der Waals surface area contributed by atoms with E-state index >= 15 is 0 Å². The Labute approximate surface area is 91.5 Å². The predicted octanol–water partition coefficient (Wildman–Crippen LogP) is 0.290. The molecule has 0 aliphatic rings. The zero-order valence-corrected chi connectivity index (χ0v) is 8.53. The van der Waals surface area contributed by atoms with Gasteiger partial charge in [-0.15, -0.1) is 0 Å². The van der Waals surface area contributed by atoms with E-state index in [-0.39, 0.29) is 18.7 Å². The molecule has 0 spiro atoms. The van der Waals surface area contributed by atoms with Crippen LogP contribution in [0.3, 0.4) is 0 Å². The predicted molar refractivity (Wildman–Crippen MR) is 55.4 cm³/mol. The lowest BCUT2D eigenvalue weighted by molar-refractivity contribution is 0.0109. The van der Waals surface area contributed by atoms with Crippen molar-refractivity contribution in [2.75, 3.05) is 12.3 Å². The van der Waals surface area contributed by atoms with Gasteiger partial charge in [-0.25, -0.2) is 8.78 Å². The molecule has 0 aliphatic carbocycles. The van der Waals surface area contributed by atoms with Crippen LogP contribution in [-0.4, -0.2) is 22.9 Å². The first-order valence-corrected chi connectivity index (χ1v) is 4.78. The molecule has 6 heteroatoms. The van der Waals surface area contributed by atoms with Crippen LogP contribution in [0, 0.1) is 11.6 Å². The SMILES string of the molecule is NCCC(O)C(O)c1c(F)ccc(N)c1F. The fourth-order valence-corrected chi connectivity index (χ4v) is 1.38. The first-order valence-electron chi connectivity index (χ1n) is 4.78. The molecular weight excluding hydrogens is 218 g/mol. The normalized spacial score (nSPS) is 14.8. The Morgan fingerprint density at radius 1 is 1.25 bits per heavy atom. The Hall–Kier alpha value is -1.24. The molecule has 1 rings (SSSR count). The molecule has 2 unspecified atom stereocenters. The molecule has 0 saturated heterocycles. The molecule has 0 aliphatic heterocycles. The van der Waals surface area contributed by atoms with Crippen molar-refractivity contribution in [2.45, 2.75) is 18.6 Å². The van der Waals surface area contributed by atoms with Gasteiger partial charge in [0.15, 0.2) is 5.82 Å². The number of aliphatic hydroxyl groups excluding tert-OH is 2. The highest BCUT2D eigenvalue weighted by Gasteiger charge is 2.25. The number of anilines is 1. The minimum Gasteiger partial charge on any atom is -0.396 e. The van der Waals surface area contributed by atoms with Crippen molar-refractivity contribution < 1.29 is 19.0 Å². The van der Waals surface area contributed by atoms with E-state index in [1.165, 1.54) is 0 Å². The van der Waals surface area contributed by atoms with E-state index in [4.69, 9.17) is 11.5 Å². The van der Waals surface area contributed by atoms with E-state index in [2.05, 4.69) is 0 Å². The minimum absolute atomic E-state index is 0.0366. The van der Waals surface area contributed by atoms with Crippen molar-refractivity contribution in [2.24, 2.45) is 5.73 Å². The quantitative estimate of drug-likeness (QED) is 0.561. The van der Waals surface area contributed by atoms with Gasteiger partial charge in [0.2, 0.25) is 0 Å². The summed E-state index contributed by atoms with van der Waals surface area (Å²) in [6, 6.07) is 1.99. The van der Waals surface area contributed by atoms with Gasteiger partial charge in [-0.1, -0.05) is 0 Å². The molecule has 0 saturated carbocycles. The highest BCUT2D eigenvalue weighted by atomic mass is 19.1. The summed E-state index contributed by atoms with van der Waals surface area (Å²) < 4.78 is 26.7. The zero-order valence-electron chi connectivity index (χ0n) is 8.53. The number of halogens is 2. The minimum atomic E-state index is -1.67. The Morgan fingerprint density at radius 2 is 1.88 bits per heavy atom. The van der Waals surface area contributed by atoms with Crippen molar-refractivity contribution in [3.8, 4) is 0 Å². The summed E-state index contributed by atoms with van der Waals surface area (Å²) >= 11 is 0. The number of aliphatic hydroxyl groups is 2. The number of hydrogen-bond acceptors (Lipinski definition) is 4. The summed E-state index contributed by atoms with van der Waals surface area (Å²) in [5.41, 5.74) is 9.50. The third-order valence-corrected chi connectivity index (χ3v) is 2.28. The van der Waals surface area contributed by atoms with Crippen molar-refractivity contribution in [1.82, 2.24) is 0 Å². The highest BCUT2D eigenvalue weighted by molar-refractivity contribution is 5.44. The second-order valence-electron chi connectivity index (χ2n) is 3.45. The molecule has 1 aromatic rings. The fraction of sp³-hybridized carbons (Fsp3) is 0.400. The number of nitrogen functional groups attached to an aromatic ring is 1. The van der Waals surface area contributed by atoms with Crippen LogP contribution in [0.15, 0.2) is 12.1 Å². The van der Waals surface area contributed by atoms with E-state index in [9.17, 15) is 19.0 Å². The third kappa shape index (κ3) is 2.46. The van der Waals surface area contributed by atoms with Crippen LogP contribution in [-0.2, 0) is 0 Å². The second kappa shape index (κ2) is 5.20. The maximum Gasteiger partial charge on any atom is 0.154 e. The van der Waals surface area contributed by atoms with Gasteiger partial charge in [0, 0.05) is 0 Å². The Kier molecular flexibility index (Phi) is 4.17. The van der Waals surface area contributed by atoms with Gasteiger partial charge >= 0.3 is 0 Å². The zero-order chi connectivity index (χ0) is 12.3. The molecule has 0 fully saturated rings. The molecule has 0 aromatic heterocycles. The summed E-state index contributed by atoms with van der Waals surface area (Å²) in [6.45, 7) is 0.101. The average Bonchev–Trinajstić information content (AvgIpc) is 2.24. The van der Waals surface area contributed by atoms with E-state index in [1.54, 1.807) is 0 Å². The van der Waals surface area contributed by atoms with E-state index in [1.807, 2.05) is 0 Å². The first kappa shape index (κ1) is 12.8. The second-order valence-corrected chi connectivity index (χ2v) is 3.45. The van der Waals surface area contributed by atoms with Crippen LogP contribution in [0.4, 0.5) is 14.5 Å². The Morgan fingerprint density at radius 3 is 2.44 bits per heavy atom. The van der Waals surface area contributed by atoms with Crippen LogP contribution in [0.1, 0.15) is 18.1 Å². The van der Waals surface area contributed by atoms with Gasteiger partial charge in [0.25, 0.3) is 0 Å². The average molecular weight is 232 g/mol. The molecular formula is C10H14F2N2O2. The summed E-state index contributed by atoms with van der Waals surface area (Å²) in [5, 5.41) is 19.0. The Bertz CT molecular complexity index is 374. The van der Waals surface area contributed by atoms with Crippen molar-refractivity contribution in [3.05, 3.63) is 29.3 Å². The smallest absolute Gasteiger partial charge is 0.154 e. The lowest BCUT2D eigenvalue weighted by Crippen LogP contribution is -2.23. The number of hydrogen-bond donors (Lipinski definition) is 4. The van der Waals surface area contributed by atoms with Gasteiger partial charge < -0.3 is 21.7 Å². The van der Waals surface area contributed by atoms with Crippen molar-refractivity contribution in [1.29, 1.82) is 0 Å². The van der Waals surface area contributed by atoms with Crippen LogP contribution in [0.5, 0.6) is 0 Å². The van der Waals surface area contributed by atoms with Gasteiger partial charge in [-0.05, 0) is 25.1 Å². The van der Waals surface area contributed by atoms with E-state index in [0.29, 0.717) is 0 Å². The molecule has 2 atom stereocenters. The summed E-state index contributed by atoms with van der Waals surface area (Å²) in [6.07, 6.45) is -2.96. The third-order valence-electron chi connectivity index (χ3n) is 2.28. The number of nitrogens with two attached hydrogens (primary N) is 2. The monoisotopic (exact) mass is 232 g/mol. The van der Waals surface area contributed by atoms with E-state index in [0.717, 1.165) is 12.1 Å². The van der Waals surface area contributed by atoms with E-state index < -0.39 is 29.4 Å². The van der Waals surface area contributed by atoms with Crippen molar-refractivity contribution >= 4 is 5.69 Å². The first-order chi connectivity index (χ1) is 7.49. The van der Waals surface area contributed by atoms with Crippen molar-refractivity contribution in [3.63, 3.8) is 0 Å². The topological polar surface area (TPSA) is 92.5 Å². The van der Waals surface area contributed by atoms with Gasteiger partial charge in [-0.3, -0.25) is 0 Å². The lowest BCUT2D eigenvalue weighted by Gasteiger charge is -2.19. The Balaban J connectivity index is 3.07. The van der Waals surface area contributed by atoms with Gasteiger partial charge in [0.1, 0.15) is 11.9 Å². The molecule has 4 nitrogen and oxygen atoms in total. The maximum absolute atomic E-state index is 13.4. The number of rotatable bonds is 4. The molecule has 0 bridgehead atoms. The van der Waals surface area contributed by atoms with Gasteiger partial charge in [-0.2, -0.15) is 0 Å². The molecule has 0 heterocycles. The molecule has 0 amide bonds. The van der Waals surface area contributed by atoms with Gasteiger partial charge in [0.05, 0.1) is 17.4 Å². The lowest BCUT2D eigenvalue weighted by atomic mass is 10.0. The molecule has 6 N–H and O–H groups in total. The molecule has 90 valence electrons. The van der Waals surface area contributed by atoms with Crippen LogP contribution < -0.4 is 11.5 Å². The number of benzene rings is 1. The van der Waals surface area contributed by atoms with Crippen LogP contribution in [0.2, 0.25) is 0 Å². The molecule has 1 aromatic carbocycles. The molecule has 0 radical (unpaired) electrons. The highest BCUT2D eigenvalue weighted by Crippen LogP contribution is 2.27. The standard InChI is InChI=1S/C10H14F2N2O2/c11-5-1-2-6(14)9(12)8(5)10(16)7(15)3-4-13/h1-2,7,10,15-16H,3-4,13-14H2. The van der Waals surface area contributed by atoms with Crippen LogP contribution >= 0.6 is 0 Å². The van der Waals surface area contributed by atoms with Crippen LogP contribution in [0.25, 0.3) is 0 Å².